The number of rotatable bonds is 6. The summed E-state index contributed by atoms with van der Waals surface area (Å²) in [7, 11) is 0. The Labute approximate surface area is 192 Å². The topological polar surface area (TPSA) is 54.9 Å². The quantitative estimate of drug-likeness (QED) is 0.562. The summed E-state index contributed by atoms with van der Waals surface area (Å²) in [6.07, 6.45) is 2.93. The number of amides is 1. The van der Waals surface area contributed by atoms with Crippen LogP contribution in [0.5, 0.6) is 10.9 Å². The van der Waals surface area contributed by atoms with Crippen LogP contribution in [0.15, 0.2) is 48.5 Å². The zero-order chi connectivity index (χ0) is 21.8. The largest absolute Gasteiger partial charge is 0.431 e. The van der Waals surface area contributed by atoms with E-state index in [4.69, 9.17) is 9.47 Å². The van der Waals surface area contributed by atoms with Crippen LogP contribution in [0, 0.1) is 5.92 Å². The molecule has 2 saturated heterocycles. The van der Waals surface area contributed by atoms with Crippen LogP contribution in [0.2, 0.25) is 0 Å². The van der Waals surface area contributed by atoms with Crippen LogP contribution >= 0.6 is 11.3 Å². The highest BCUT2D eigenvalue weighted by Gasteiger charge is 2.29. The maximum atomic E-state index is 12.7. The molecular weight excluding hydrogens is 422 g/mol. The van der Waals surface area contributed by atoms with E-state index in [1.807, 2.05) is 35.2 Å². The molecule has 7 heteroatoms. The molecular formula is C25H29N3O3S. The first-order chi connectivity index (χ1) is 15.7. The molecule has 0 unspecified atom stereocenters. The van der Waals surface area contributed by atoms with Gasteiger partial charge < -0.3 is 19.3 Å². The van der Waals surface area contributed by atoms with Gasteiger partial charge in [0.05, 0.1) is 23.4 Å². The van der Waals surface area contributed by atoms with Crippen LogP contribution in [-0.2, 0) is 16.0 Å². The number of ether oxygens (including phenoxy) is 2. The summed E-state index contributed by atoms with van der Waals surface area (Å²) < 4.78 is 12.4. The average molecular weight is 452 g/mol. The van der Waals surface area contributed by atoms with Gasteiger partial charge in [0.2, 0.25) is 5.91 Å². The molecule has 2 aliphatic rings. The number of carbonyl (C=O) groups excluding carboxylic acids is 1. The number of morpholine rings is 1. The lowest BCUT2D eigenvalue weighted by Gasteiger charge is -2.35. The maximum Gasteiger partial charge on any atom is 0.279 e. The fraction of sp³-hybridized carbons (Fsp3) is 0.440. The number of hydrogen-bond acceptors (Lipinski definition) is 6. The Kier molecular flexibility index (Phi) is 6.67. The molecule has 168 valence electrons. The summed E-state index contributed by atoms with van der Waals surface area (Å²) in [5.41, 5.74) is 2.27. The Morgan fingerprint density at radius 3 is 2.53 bits per heavy atom. The minimum absolute atomic E-state index is 0.184. The van der Waals surface area contributed by atoms with E-state index in [2.05, 4.69) is 28.1 Å². The number of thiazole rings is 1. The predicted molar refractivity (Wildman–Crippen MR) is 126 cm³/mol. The highest BCUT2D eigenvalue weighted by molar-refractivity contribution is 7.20. The molecule has 0 N–H and O–H groups in total. The van der Waals surface area contributed by atoms with Crippen LogP contribution in [0.4, 0.5) is 0 Å². The number of likely N-dealkylation sites (tertiary alicyclic amines) is 1. The maximum absolute atomic E-state index is 12.7. The Balaban J connectivity index is 1.07. The van der Waals surface area contributed by atoms with Crippen molar-refractivity contribution in [1.29, 1.82) is 0 Å². The van der Waals surface area contributed by atoms with Crippen molar-refractivity contribution in [1.82, 2.24) is 14.8 Å². The zero-order valence-electron chi connectivity index (χ0n) is 18.2. The van der Waals surface area contributed by atoms with E-state index in [1.165, 1.54) is 5.56 Å². The second-order valence-electron chi connectivity index (χ2n) is 8.50. The van der Waals surface area contributed by atoms with Gasteiger partial charge in [-0.1, -0.05) is 35.6 Å². The van der Waals surface area contributed by atoms with Gasteiger partial charge in [-0.3, -0.25) is 4.79 Å². The fourth-order valence-corrected chi connectivity index (χ4v) is 5.29. The molecule has 1 aromatic heterocycles. The summed E-state index contributed by atoms with van der Waals surface area (Å²) in [6.45, 7) is 5.87. The zero-order valence-corrected chi connectivity index (χ0v) is 19.1. The first kappa shape index (κ1) is 21.4. The number of nitrogens with zero attached hydrogens (tertiary/aromatic N) is 3. The molecule has 3 aromatic rings. The smallest absolute Gasteiger partial charge is 0.279 e. The van der Waals surface area contributed by atoms with Crippen molar-refractivity contribution in [2.45, 2.75) is 19.3 Å². The van der Waals surface area contributed by atoms with Crippen molar-refractivity contribution < 1.29 is 14.3 Å². The second-order valence-corrected chi connectivity index (χ2v) is 9.49. The van der Waals surface area contributed by atoms with E-state index >= 15 is 0 Å². The highest BCUT2D eigenvalue weighted by atomic mass is 32.1. The Morgan fingerprint density at radius 1 is 1.03 bits per heavy atom. The van der Waals surface area contributed by atoms with Crippen molar-refractivity contribution >= 4 is 27.5 Å². The summed E-state index contributed by atoms with van der Waals surface area (Å²) in [5.74, 6) is 1.33. The summed E-state index contributed by atoms with van der Waals surface area (Å²) in [5, 5.41) is 0.674. The number of para-hydroxylation sites is 1. The lowest BCUT2D eigenvalue weighted by Crippen LogP contribution is -2.47. The number of fused-ring (bicyclic) bond motifs is 1. The third kappa shape index (κ3) is 5.11. The second kappa shape index (κ2) is 9.98. The summed E-state index contributed by atoms with van der Waals surface area (Å²) in [4.78, 5) is 21.7. The lowest BCUT2D eigenvalue weighted by molar-refractivity contribution is -0.141. The van der Waals surface area contributed by atoms with Gasteiger partial charge in [0.15, 0.2) is 0 Å². The van der Waals surface area contributed by atoms with Crippen LogP contribution in [0.3, 0.4) is 0 Å². The molecule has 0 radical (unpaired) electrons. The van der Waals surface area contributed by atoms with E-state index in [0.29, 0.717) is 24.3 Å². The van der Waals surface area contributed by atoms with Gasteiger partial charge in [-0.15, -0.1) is 0 Å². The number of aromatic nitrogens is 1. The standard InChI is InChI=1S/C25H29N3O3S/c29-24(28-15-17-30-18-16-28)20-10-13-27(14-11-20)12-9-19-5-7-21(8-6-19)31-25-26-22-3-1-2-4-23(22)32-25/h1-8,20H,9-18H2. The monoisotopic (exact) mass is 451 g/mol. The molecule has 0 saturated carbocycles. The highest BCUT2D eigenvalue weighted by Crippen LogP contribution is 2.31. The van der Waals surface area contributed by atoms with E-state index in [1.54, 1.807) is 11.3 Å². The molecule has 1 amide bonds. The van der Waals surface area contributed by atoms with E-state index in [-0.39, 0.29) is 5.92 Å². The van der Waals surface area contributed by atoms with Crippen LogP contribution < -0.4 is 4.74 Å². The Bertz CT molecular complexity index is 1010. The minimum atomic E-state index is 0.184. The molecule has 2 fully saturated rings. The van der Waals surface area contributed by atoms with E-state index in [0.717, 1.165) is 68.0 Å². The third-order valence-corrected chi connectivity index (χ3v) is 7.29. The number of carbonyl (C=O) groups is 1. The molecule has 2 aliphatic heterocycles. The average Bonchev–Trinajstić information content (AvgIpc) is 3.26. The molecule has 0 atom stereocenters. The Morgan fingerprint density at radius 2 is 1.78 bits per heavy atom. The van der Waals surface area contributed by atoms with E-state index in [9.17, 15) is 4.79 Å². The van der Waals surface area contributed by atoms with Gasteiger partial charge in [0, 0.05) is 25.6 Å². The van der Waals surface area contributed by atoms with Crippen molar-refractivity contribution in [3.05, 3.63) is 54.1 Å². The van der Waals surface area contributed by atoms with Crippen LogP contribution in [0.1, 0.15) is 18.4 Å². The predicted octanol–water partition coefficient (Wildman–Crippen LogP) is 4.20. The third-order valence-electron chi connectivity index (χ3n) is 6.38. The molecule has 5 rings (SSSR count). The molecule has 0 aliphatic carbocycles. The van der Waals surface area contributed by atoms with Crippen LogP contribution in [-0.4, -0.2) is 66.6 Å². The van der Waals surface area contributed by atoms with Crippen molar-refractivity contribution in [3.63, 3.8) is 0 Å². The molecule has 32 heavy (non-hydrogen) atoms. The fourth-order valence-electron chi connectivity index (χ4n) is 4.45. The van der Waals surface area contributed by atoms with Gasteiger partial charge in [-0.2, -0.15) is 0 Å². The number of benzene rings is 2. The first-order valence-corrected chi connectivity index (χ1v) is 12.3. The molecule has 0 spiro atoms. The number of piperidine rings is 1. The summed E-state index contributed by atoms with van der Waals surface area (Å²) >= 11 is 1.56. The van der Waals surface area contributed by atoms with Crippen molar-refractivity contribution in [2.24, 2.45) is 5.92 Å². The molecule has 0 bridgehead atoms. The SMILES string of the molecule is O=C(C1CCN(CCc2ccc(Oc3nc4ccccc4s3)cc2)CC1)N1CCOCC1. The minimum Gasteiger partial charge on any atom is -0.431 e. The van der Waals surface area contributed by atoms with Gasteiger partial charge in [0.25, 0.3) is 5.19 Å². The summed E-state index contributed by atoms with van der Waals surface area (Å²) in [6, 6.07) is 16.4. The van der Waals surface area contributed by atoms with Crippen molar-refractivity contribution in [2.75, 3.05) is 45.9 Å². The Hall–Kier alpha value is -2.48. The van der Waals surface area contributed by atoms with Gasteiger partial charge in [0.1, 0.15) is 5.75 Å². The van der Waals surface area contributed by atoms with Crippen LogP contribution in [0.25, 0.3) is 10.2 Å². The molecule has 6 nitrogen and oxygen atoms in total. The van der Waals surface area contributed by atoms with E-state index < -0.39 is 0 Å². The van der Waals surface area contributed by atoms with Gasteiger partial charge >= 0.3 is 0 Å². The molecule has 2 aromatic carbocycles. The van der Waals surface area contributed by atoms with Crippen molar-refractivity contribution in [3.8, 4) is 10.9 Å². The van der Waals surface area contributed by atoms with Gasteiger partial charge in [-0.05, 0) is 62.2 Å². The normalized spacial score (nSPS) is 18.2. The van der Waals surface area contributed by atoms with Gasteiger partial charge in [-0.25, -0.2) is 4.98 Å². The number of hydrogen-bond donors (Lipinski definition) is 0. The molecule has 3 heterocycles. The first-order valence-electron chi connectivity index (χ1n) is 11.5. The lowest BCUT2D eigenvalue weighted by atomic mass is 9.95.